The minimum atomic E-state index is 0.657. The van der Waals surface area contributed by atoms with Crippen LogP contribution in [0.25, 0.3) is 0 Å². The Morgan fingerprint density at radius 1 is 1.50 bits per heavy atom. The first kappa shape index (κ1) is 9.23. The predicted octanol–water partition coefficient (Wildman–Crippen LogP) is 1.89. The van der Waals surface area contributed by atoms with E-state index >= 15 is 0 Å². The largest absolute Gasteiger partial charge is 0.318 e. The summed E-state index contributed by atoms with van der Waals surface area (Å²) in [6.07, 6.45) is 3.99. The summed E-state index contributed by atoms with van der Waals surface area (Å²) in [5.74, 6) is 1.77. The van der Waals surface area contributed by atoms with Crippen molar-refractivity contribution in [1.29, 1.82) is 0 Å². The van der Waals surface area contributed by atoms with E-state index in [-0.39, 0.29) is 0 Å². The number of hydrogen-bond donors (Lipinski definition) is 0. The van der Waals surface area contributed by atoms with Gasteiger partial charge in [0.25, 0.3) is 0 Å². The second kappa shape index (κ2) is 4.24. The van der Waals surface area contributed by atoms with Crippen LogP contribution < -0.4 is 0 Å². The summed E-state index contributed by atoms with van der Waals surface area (Å²) >= 11 is 0. The fourth-order valence-electron chi connectivity index (χ4n) is 1.23. The molecule has 0 unspecified atom stereocenters. The smallest absolute Gasteiger partial charge is 0.133 e. The third kappa shape index (κ3) is 2.32. The molecule has 1 aromatic heterocycles. The van der Waals surface area contributed by atoms with Crippen molar-refractivity contribution in [1.82, 2.24) is 14.8 Å². The molecule has 68 valence electrons. The lowest BCUT2D eigenvalue weighted by molar-refractivity contribution is 0.566. The normalized spacial score (nSPS) is 11.0. The topological polar surface area (TPSA) is 30.7 Å². The maximum Gasteiger partial charge on any atom is 0.133 e. The maximum atomic E-state index is 4.09. The Morgan fingerprint density at radius 3 is 2.83 bits per heavy atom. The number of nitrogens with zero attached hydrogens (tertiary/aromatic N) is 3. The van der Waals surface area contributed by atoms with Crippen LogP contribution in [0.5, 0.6) is 0 Å². The maximum absolute atomic E-state index is 4.09. The molecule has 0 saturated carbocycles. The summed E-state index contributed by atoms with van der Waals surface area (Å²) in [6.45, 7) is 7.60. The van der Waals surface area contributed by atoms with Crippen molar-refractivity contribution in [2.45, 2.75) is 40.2 Å². The zero-order valence-corrected chi connectivity index (χ0v) is 8.12. The monoisotopic (exact) mass is 167 g/mol. The van der Waals surface area contributed by atoms with Gasteiger partial charge in [-0.1, -0.05) is 20.8 Å². The standard InChI is InChI=1S/C9H17N3/c1-4-5-12-7-10-11-9(12)6-8(2)3/h7-8H,4-6H2,1-3H3. The minimum Gasteiger partial charge on any atom is -0.318 e. The van der Waals surface area contributed by atoms with Crippen LogP contribution in [0.2, 0.25) is 0 Å². The number of aromatic nitrogens is 3. The van der Waals surface area contributed by atoms with Crippen molar-refractivity contribution in [2.24, 2.45) is 5.92 Å². The molecule has 0 N–H and O–H groups in total. The number of rotatable bonds is 4. The quantitative estimate of drug-likeness (QED) is 0.685. The predicted molar refractivity (Wildman–Crippen MR) is 48.9 cm³/mol. The zero-order chi connectivity index (χ0) is 8.97. The molecule has 1 rings (SSSR count). The third-order valence-corrected chi connectivity index (χ3v) is 1.75. The highest BCUT2D eigenvalue weighted by atomic mass is 15.3. The first-order chi connectivity index (χ1) is 5.74. The highest BCUT2D eigenvalue weighted by Gasteiger charge is 2.04. The molecule has 0 bridgehead atoms. The van der Waals surface area contributed by atoms with E-state index in [1.165, 1.54) is 0 Å². The van der Waals surface area contributed by atoms with Gasteiger partial charge in [-0.2, -0.15) is 0 Å². The lowest BCUT2D eigenvalue weighted by atomic mass is 10.1. The van der Waals surface area contributed by atoms with E-state index in [1.54, 1.807) is 0 Å². The van der Waals surface area contributed by atoms with Crippen LogP contribution in [0, 0.1) is 5.92 Å². The van der Waals surface area contributed by atoms with Gasteiger partial charge in [0, 0.05) is 13.0 Å². The summed E-state index contributed by atoms with van der Waals surface area (Å²) in [4.78, 5) is 0. The van der Waals surface area contributed by atoms with E-state index in [4.69, 9.17) is 0 Å². The molecule has 0 aliphatic rings. The molecule has 0 aromatic carbocycles. The number of aryl methyl sites for hydroxylation is 1. The van der Waals surface area contributed by atoms with E-state index in [0.717, 1.165) is 25.2 Å². The molecule has 0 radical (unpaired) electrons. The SMILES string of the molecule is CCCn1cnnc1CC(C)C. The van der Waals surface area contributed by atoms with Crippen molar-refractivity contribution in [3.63, 3.8) is 0 Å². The lowest BCUT2D eigenvalue weighted by Crippen LogP contribution is -2.05. The highest BCUT2D eigenvalue weighted by Crippen LogP contribution is 2.04. The van der Waals surface area contributed by atoms with Crippen LogP contribution in [-0.2, 0) is 13.0 Å². The second-order valence-corrected chi connectivity index (χ2v) is 3.54. The van der Waals surface area contributed by atoms with Gasteiger partial charge < -0.3 is 4.57 Å². The molecule has 12 heavy (non-hydrogen) atoms. The Labute approximate surface area is 73.8 Å². The molecular formula is C9H17N3. The fourth-order valence-corrected chi connectivity index (χ4v) is 1.23. The zero-order valence-electron chi connectivity index (χ0n) is 8.12. The average molecular weight is 167 g/mol. The molecule has 0 spiro atoms. The first-order valence-corrected chi connectivity index (χ1v) is 4.60. The van der Waals surface area contributed by atoms with Gasteiger partial charge in [-0.15, -0.1) is 10.2 Å². The molecule has 0 atom stereocenters. The van der Waals surface area contributed by atoms with Crippen molar-refractivity contribution in [3.05, 3.63) is 12.2 Å². The van der Waals surface area contributed by atoms with Crippen molar-refractivity contribution >= 4 is 0 Å². The molecule has 3 nitrogen and oxygen atoms in total. The summed E-state index contributed by atoms with van der Waals surface area (Å²) in [5.41, 5.74) is 0. The van der Waals surface area contributed by atoms with Crippen LogP contribution >= 0.6 is 0 Å². The summed E-state index contributed by atoms with van der Waals surface area (Å²) in [6, 6.07) is 0. The average Bonchev–Trinajstić information content (AvgIpc) is 2.37. The third-order valence-electron chi connectivity index (χ3n) is 1.75. The molecule has 0 amide bonds. The Bertz CT molecular complexity index is 227. The van der Waals surface area contributed by atoms with E-state index < -0.39 is 0 Å². The van der Waals surface area contributed by atoms with Crippen LogP contribution in [0.1, 0.15) is 33.0 Å². The molecule has 1 heterocycles. The Hall–Kier alpha value is -0.860. The molecule has 1 aromatic rings. The summed E-state index contributed by atoms with van der Waals surface area (Å²) in [5, 5.41) is 7.99. The summed E-state index contributed by atoms with van der Waals surface area (Å²) < 4.78 is 2.14. The van der Waals surface area contributed by atoms with Gasteiger partial charge in [0.2, 0.25) is 0 Å². The molecule has 0 saturated heterocycles. The van der Waals surface area contributed by atoms with Gasteiger partial charge in [0.15, 0.2) is 0 Å². The van der Waals surface area contributed by atoms with Crippen molar-refractivity contribution in [2.75, 3.05) is 0 Å². The van der Waals surface area contributed by atoms with Gasteiger partial charge in [0.1, 0.15) is 12.2 Å². The lowest BCUT2D eigenvalue weighted by Gasteiger charge is -2.06. The molecule has 0 aliphatic carbocycles. The van der Waals surface area contributed by atoms with Crippen LogP contribution in [0.15, 0.2) is 6.33 Å². The highest BCUT2D eigenvalue weighted by molar-refractivity contribution is 4.86. The molecule has 0 aliphatic heterocycles. The van der Waals surface area contributed by atoms with Crippen molar-refractivity contribution in [3.8, 4) is 0 Å². The van der Waals surface area contributed by atoms with Crippen molar-refractivity contribution < 1.29 is 0 Å². The summed E-state index contributed by atoms with van der Waals surface area (Å²) in [7, 11) is 0. The molecule has 3 heteroatoms. The van der Waals surface area contributed by atoms with Gasteiger partial charge in [-0.25, -0.2) is 0 Å². The molecular weight excluding hydrogens is 150 g/mol. The van der Waals surface area contributed by atoms with Crippen LogP contribution in [-0.4, -0.2) is 14.8 Å². The van der Waals surface area contributed by atoms with Gasteiger partial charge in [0.05, 0.1) is 0 Å². The van der Waals surface area contributed by atoms with Crippen LogP contribution in [0.3, 0.4) is 0 Å². The fraction of sp³-hybridized carbons (Fsp3) is 0.778. The Balaban J connectivity index is 2.63. The van der Waals surface area contributed by atoms with E-state index in [9.17, 15) is 0 Å². The van der Waals surface area contributed by atoms with Gasteiger partial charge in [-0.3, -0.25) is 0 Å². The molecule has 0 fully saturated rings. The van der Waals surface area contributed by atoms with Gasteiger partial charge in [-0.05, 0) is 12.3 Å². The second-order valence-electron chi connectivity index (χ2n) is 3.54. The minimum absolute atomic E-state index is 0.657. The van der Waals surface area contributed by atoms with Gasteiger partial charge >= 0.3 is 0 Å². The van der Waals surface area contributed by atoms with E-state index in [0.29, 0.717) is 5.92 Å². The first-order valence-electron chi connectivity index (χ1n) is 4.60. The Kier molecular flexibility index (Phi) is 3.26. The van der Waals surface area contributed by atoms with E-state index in [2.05, 4.69) is 35.5 Å². The Morgan fingerprint density at radius 2 is 2.25 bits per heavy atom. The van der Waals surface area contributed by atoms with E-state index in [1.807, 2.05) is 6.33 Å². The number of hydrogen-bond acceptors (Lipinski definition) is 2. The van der Waals surface area contributed by atoms with Crippen LogP contribution in [0.4, 0.5) is 0 Å².